The summed E-state index contributed by atoms with van der Waals surface area (Å²) in [6.45, 7) is 0. The number of nitrogens with zero attached hydrogens (tertiary/aromatic N) is 3. The van der Waals surface area contributed by atoms with E-state index in [0.717, 1.165) is 23.5 Å². The van der Waals surface area contributed by atoms with Crippen LogP contribution < -0.4 is 10.6 Å². The predicted molar refractivity (Wildman–Crippen MR) is 107 cm³/mol. The van der Waals surface area contributed by atoms with Gasteiger partial charge in [0, 0.05) is 19.0 Å². The average Bonchev–Trinajstić information content (AvgIpc) is 3.11. The molecule has 8 nitrogen and oxygen atoms in total. The number of rotatable bonds is 4. The third-order valence-corrected chi connectivity index (χ3v) is 4.76. The second-order valence-corrected chi connectivity index (χ2v) is 6.81. The molecule has 3 aromatic rings. The number of hydrogen-bond donors (Lipinski definition) is 3. The Morgan fingerprint density at radius 3 is 2.70 bits per heavy atom. The first kappa shape index (κ1) is 19.3. The Bertz CT molecular complexity index is 1140. The van der Waals surface area contributed by atoms with Crippen LogP contribution in [0.1, 0.15) is 18.2 Å². The van der Waals surface area contributed by atoms with E-state index in [4.69, 9.17) is 0 Å². The fourth-order valence-electron chi connectivity index (χ4n) is 3.31. The summed E-state index contributed by atoms with van der Waals surface area (Å²) in [7, 11) is 1.75. The topological polar surface area (TPSA) is 109 Å². The van der Waals surface area contributed by atoms with Crippen molar-refractivity contribution in [3.8, 4) is 11.3 Å². The van der Waals surface area contributed by atoms with Gasteiger partial charge in [-0.25, -0.2) is 9.37 Å². The lowest BCUT2D eigenvalue weighted by atomic mass is 9.98. The zero-order valence-electron chi connectivity index (χ0n) is 16.0. The van der Waals surface area contributed by atoms with Crippen molar-refractivity contribution in [1.29, 1.82) is 0 Å². The Kier molecular flexibility index (Phi) is 5.01. The Hall–Kier alpha value is -4.01. The highest BCUT2D eigenvalue weighted by molar-refractivity contribution is 6.23. The number of aryl methyl sites for hydroxylation is 1. The van der Waals surface area contributed by atoms with E-state index < -0.39 is 29.2 Å². The zero-order chi connectivity index (χ0) is 21.3. The van der Waals surface area contributed by atoms with Crippen molar-refractivity contribution < 1.29 is 19.1 Å². The van der Waals surface area contributed by atoms with Crippen LogP contribution in [0.2, 0.25) is 0 Å². The molecule has 30 heavy (non-hydrogen) atoms. The molecule has 0 bridgehead atoms. The smallest absolute Gasteiger partial charge is 0.265 e. The minimum Gasteiger partial charge on any atom is -0.511 e. The van der Waals surface area contributed by atoms with Gasteiger partial charge in [-0.3, -0.25) is 14.3 Å². The van der Waals surface area contributed by atoms with E-state index in [1.165, 1.54) is 6.07 Å². The third-order valence-electron chi connectivity index (χ3n) is 4.76. The van der Waals surface area contributed by atoms with Gasteiger partial charge in [0.05, 0.1) is 23.6 Å². The summed E-state index contributed by atoms with van der Waals surface area (Å²) in [4.78, 5) is 28.7. The van der Waals surface area contributed by atoms with Gasteiger partial charge in [0.1, 0.15) is 23.0 Å². The Labute approximate surface area is 171 Å². The SMILES string of the molecule is Cn1nc(-c2ccccc2)cc1C1CC(O)=C(C(=O)Nc2ccc(F)cn2)C(=O)N1. The van der Waals surface area contributed by atoms with Gasteiger partial charge < -0.3 is 15.7 Å². The minimum atomic E-state index is -0.822. The molecule has 4 rings (SSSR count). The molecular weight excluding hydrogens is 389 g/mol. The maximum absolute atomic E-state index is 13.0. The lowest BCUT2D eigenvalue weighted by Gasteiger charge is -2.25. The van der Waals surface area contributed by atoms with E-state index in [-0.39, 0.29) is 18.0 Å². The summed E-state index contributed by atoms with van der Waals surface area (Å²) in [5.74, 6) is -2.37. The van der Waals surface area contributed by atoms with Crippen molar-refractivity contribution in [2.24, 2.45) is 7.05 Å². The number of carbonyl (C=O) groups excluding carboxylic acids is 2. The molecule has 9 heteroatoms. The normalized spacial score (nSPS) is 16.3. The van der Waals surface area contributed by atoms with Crippen molar-refractivity contribution in [2.75, 3.05) is 5.32 Å². The zero-order valence-corrected chi connectivity index (χ0v) is 16.0. The maximum atomic E-state index is 13.0. The Morgan fingerprint density at radius 1 is 1.27 bits per heavy atom. The van der Waals surface area contributed by atoms with E-state index in [1.807, 2.05) is 36.4 Å². The monoisotopic (exact) mass is 407 g/mol. The van der Waals surface area contributed by atoms with Crippen molar-refractivity contribution >= 4 is 17.6 Å². The number of aliphatic hydroxyl groups excluding tert-OH is 1. The predicted octanol–water partition coefficient (Wildman–Crippen LogP) is 2.63. The van der Waals surface area contributed by atoms with Gasteiger partial charge >= 0.3 is 0 Å². The van der Waals surface area contributed by atoms with Crippen molar-refractivity contribution in [1.82, 2.24) is 20.1 Å². The van der Waals surface area contributed by atoms with Crippen LogP contribution >= 0.6 is 0 Å². The van der Waals surface area contributed by atoms with Crippen LogP contribution in [-0.4, -0.2) is 31.7 Å². The number of benzene rings is 1. The van der Waals surface area contributed by atoms with Crippen LogP contribution in [0.25, 0.3) is 11.3 Å². The number of carbonyl (C=O) groups is 2. The molecule has 1 atom stereocenters. The van der Waals surface area contributed by atoms with Crippen LogP contribution in [0, 0.1) is 5.82 Å². The molecule has 3 N–H and O–H groups in total. The minimum absolute atomic E-state index is 0.0269. The second-order valence-electron chi connectivity index (χ2n) is 6.81. The van der Waals surface area contributed by atoms with Gasteiger partial charge in [-0.15, -0.1) is 0 Å². The number of aliphatic hydroxyl groups is 1. The van der Waals surface area contributed by atoms with Gasteiger partial charge in [0.2, 0.25) is 0 Å². The van der Waals surface area contributed by atoms with E-state index in [1.54, 1.807) is 11.7 Å². The molecule has 1 aliphatic rings. The molecule has 0 fully saturated rings. The van der Waals surface area contributed by atoms with Crippen LogP contribution in [0.5, 0.6) is 0 Å². The Balaban J connectivity index is 1.55. The van der Waals surface area contributed by atoms with Crippen molar-refractivity contribution in [3.63, 3.8) is 0 Å². The lowest BCUT2D eigenvalue weighted by Crippen LogP contribution is -2.39. The van der Waals surface area contributed by atoms with E-state index in [0.29, 0.717) is 5.69 Å². The van der Waals surface area contributed by atoms with Crippen LogP contribution in [0.3, 0.4) is 0 Å². The third kappa shape index (κ3) is 3.77. The summed E-state index contributed by atoms with van der Waals surface area (Å²) < 4.78 is 14.6. The van der Waals surface area contributed by atoms with Gasteiger partial charge in [-0.1, -0.05) is 30.3 Å². The molecule has 0 aliphatic carbocycles. The average molecular weight is 407 g/mol. The van der Waals surface area contributed by atoms with Crippen LogP contribution in [-0.2, 0) is 16.6 Å². The molecule has 2 amide bonds. The first-order valence-electron chi connectivity index (χ1n) is 9.17. The fraction of sp³-hybridized carbons (Fsp3) is 0.143. The highest BCUT2D eigenvalue weighted by Gasteiger charge is 2.33. The maximum Gasteiger partial charge on any atom is 0.265 e. The Morgan fingerprint density at radius 2 is 2.03 bits per heavy atom. The largest absolute Gasteiger partial charge is 0.511 e. The summed E-state index contributed by atoms with van der Waals surface area (Å²) in [6, 6.07) is 13.2. The molecule has 0 saturated heterocycles. The fourth-order valence-corrected chi connectivity index (χ4v) is 3.31. The number of hydrogen-bond acceptors (Lipinski definition) is 5. The lowest BCUT2D eigenvalue weighted by molar-refractivity contribution is -0.123. The first-order chi connectivity index (χ1) is 14.4. The number of nitrogens with one attached hydrogen (secondary N) is 2. The van der Waals surface area contributed by atoms with Crippen LogP contribution in [0.4, 0.5) is 10.2 Å². The van der Waals surface area contributed by atoms with E-state index in [2.05, 4.69) is 20.7 Å². The molecule has 1 aliphatic heterocycles. The highest BCUT2D eigenvalue weighted by atomic mass is 19.1. The van der Waals surface area contributed by atoms with Gasteiger partial charge in [-0.05, 0) is 18.2 Å². The molecule has 3 heterocycles. The van der Waals surface area contributed by atoms with Crippen molar-refractivity contribution in [3.05, 3.63) is 77.6 Å². The molecular formula is C21H18FN5O3. The molecule has 0 saturated carbocycles. The number of amides is 2. The summed E-state index contributed by atoms with van der Waals surface area (Å²) in [5, 5.41) is 20.0. The van der Waals surface area contributed by atoms with Gasteiger partial charge in [0.25, 0.3) is 11.8 Å². The quantitative estimate of drug-likeness (QED) is 0.576. The van der Waals surface area contributed by atoms with E-state index >= 15 is 0 Å². The molecule has 2 aromatic heterocycles. The molecule has 0 radical (unpaired) electrons. The number of anilines is 1. The summed E-state index contributed by atoms with van der Waals surface area (Å²) in [5.41, 5.74) is 1.95. The van der Waals surface area contributed by atoms with Gasteiger partial charge in [0.15, 0.2) is 0 Å². The molecule has 1 unspecified atom stereocenters. The van der Waals surface area contributed by atoms with Crippen LogP contribution in [0.15, 0.2) is 66.1 Å². The number of halogens is 1. The molecule has 152 valence electrons. The summed E-state index contributed by atoms with van der Waals surface area (Å²) >= 11 is 0. The van der Waals surface area contributed by atoms with Gasteiger partial charge in [-0.2, -0.15) is 5.10 Å². The molecule has 1 aromatic carbocycles. The highest BCUT2D eigenvalue weighted by Crippen LogP contribution is 2.29. The first-order valence-corrected chi connectivity index (χ1v) is 9.17. The number of aromatic nitrogens is 3. The second kappa shape index (κ2) is 7.78. The molecule has 0 spiro atoms. The van der Waals surface area contributed by atoms with E-state index in [9.17, 15) is 19.1 Å². The number of pyridine rings is 1. The standard InChI is InChI=1S/C21H18FN5O3/c1-27-16(9-14(26-27)12-5-3-2-4-6-12)15-10-17(28)19(20(29)24-15)21(30)25-18-8-7-13(22)11-23-18/h2-9,11,15,28H,10H2,1H3,(H,24,29)(H,23,25,30). The summed E-state index contributed by atoms with van der Waals surface area (Å²) in [6.07, 6.45) is 0.965. The van der Waals surface area contributed by atoms with Crippen molar-refractivity contribution in [2.45, 2.75) is 12.5 Å².